The predicted octanol–water partition coefficient (Wildman–Crippen LogP) is 2.65. The highest BCUT2D eigenvalue weighted by Crippen LogP contribution is 2.23. The molecule has 3 aromatic carbocycles. The molecule has 0 unspecified atom stereocenters. The normalized spacial score (nSPS) is 12.6. The number of amides is 3. The monoisotopic (exact) mass is 446 g/mol. The van der Waals surface area contributed by atoms with Crippen LogP contribution in [-0.4, -0.2) is 60.8 Å². The van der Waals surface area contributed by atoms with Crippen LogP contribution in [0, 0.1) is 0 Å². The average Bonchev–Trinajstić information content (AvgIpc) is 3.07. The molecule has 0 fully saturated rings. The SMILES string of the molecule is COc1ccc2cc(CN(C)C(=O)COC(=O)CN3C(=O)c4ccccc4C3=O)ccc2c1. The molecule has 0 saturated heterocycles. The number of fused-ring (bicyclic) bond motifs is 2. The van der Waals surface area contributed by atoms with E-state index in [9.17, 15) is 19.2 Å². The predicted molar refractivity (Wildman–Crippen MR) is 120 cm³/mol. The largest absolute Gasteiger partial charge is 0.497 e. The number of likely N-dealkylation sites (N-methyl/N-ethyl adjacent to an activating group) is 1. The Morgan fingerprint density at radius 2 is 1.55 bits per heavy atom. The van der Waals surface area contributed by atoms with Crippen LogP contribution >= 0.6 is 0 Å². The Morgan fingerprint density at radius 1 is 0.909 bits per heavy atom. The lowest BCUT2D eigenvalue weighted by molar-refractivity contribution is -0.151. The minimum absolute atomic E-state index is 0.250. The summed E-state index contributed by atoms with van der Waals surface area (Å²) in [6.45, 7) is -0.697. The molecule has 1 heterocycles. The summed E-state index contributed by atoms with van der Waals surface area (Å²) in [7, 11) is 3.22. The van der Waals surface area contributed by atoms with E-state index in [2.05, 4.69) is 0 Å². The maximum Gasteiger partial charge on any atom is 0.326 e. The molecule has 1 aliphatic heterocycles. The number of benzene rings is 3. The highest BCUT2D eigenvalue weighted by atomic mass is 16.5. The molecule has 0 N–H and O–H groups in total. The lowest BCUT2D eigenvalue weighted by atomic mass is 10.1. The number of hydrogen-bond donors (Lipinski definition) is 0. The first-order valence-corrected chi connectivity index (χ1v) is 10.3. The third-order valence-corrected chi connectivity index (χ3v) is 5.48. The van der Waals surface area contributed by atoms with Gasteiger partial charge >= 0.3 is 5.97 Å². The second-order valence-electron chi connectivity index (χ2n) is 7.70. The van der Waals surface area contributed by atoms with Gasteiger partial charge in [-0.05, 0) is 46.7 Å². The summed E-state index contributed by atoms with van der Waals surface area (Å²) in [4.78, 5) is 51.5. The molecule has 3 aromatic rings. The molecule has 0 spiro atoms. The van der Waals surface area contributed by atoms with Crippen LogP contribution in [0.2, 0.25) is 0 Å². The van der Waals surface area contributed by atoms with Gasteiger partial charge in [0, 0.05) is 13.6 Å². The number of rotatable bonds is 7. The van der Waals surface area contributed by atoms with Gasteiger partial charge in [-0.2, -0.15) is 0 Å². The highest BCUT2D eigenvalue weighted by molar-refractivity contribution is 6.22. The van der Waals surface area contributed by atoms with Gasteiger partial charge in [-0.3, -0.25) is 24.1 Å². The Labute approximate surface area is 190 Å². The molecule has 8 heteroatoms. The van der Waals surface area contributed by atoms with Gasteiger partial charge in [-0.25, -0.2) is 0 Å². The zero-order valence-corrected chi connectivity index (χ0v) is 18.2. The fraction of sp³-hybridized carbons (Fsp3) is 0.200. The van der Waals surface area contributed by atoms with Crippen molar-refractivity contribution in [3.8, 4) is 5.75 Å². The van der Waals surface area contributed by atoms with E-state index in [1.165, 1.54) is 17.0 Å². The van der Waals surface area contributed by atoms with Gasteiger partial charge in [0.1, 0.15) is 12.3 Å². The number of carbonyl (C=O) groups is 4. The molecule has 33 heavy (non-hydrogen) atoms. The summed E-state index contributed by atoms with van der Waals surface area (Å²) in [5.41, 5.74) is 1.42. The van der Waals surface area contributed by atoms with Gasteiger partial charge in [0.25, 0.3) is 17.7 Å². The van der Waals surface area contributed by atoms with E-state index in [1.54, 1.807) is 26.3 Å². The van der Waals surface area contributed by atoms with Crippen molar-refractivity contribution in [3.63, 3.8) is 0 Å². The van der Waals surface area contributed by atoms with E-state index in [0.29, 0.717) is 6.54 Å². The van der Waals surface area contributed by atoms with Gasteiger partial charge in [-0.1, -0.05) is 30.3 Å². The van der Waals surface area contributed by atoms with Crippen LogP contribution in [0.3, 0.4) is 0 Å². The number of carbonyl (C=O) groups excluding carboxylic acids is 4. The summed E-state index contributed by atoms with van der Waals surface area (Å²) < 4.78 is 10.3. The molecule has 0 aromatic heterocycles. The van der Waals surface area contributed by atoms with E-state index in [-0.39, 0.29) is 11.1 Å². The molecular formula is C25H22N2O6. The van der Waals surface area contributed by atoms with E-state index >= 15 is 0 Å². The van der Waals surface area contributed by atoms with Crippen molar-refractivity contribution in [2.45, 2.75) is 6.54 Å². The van der Waals surface area contributed by atoms with Gasteiger partial charge in [0.2, 0.25) is 0 Å². The second kappa shape index (κ2) is 9.12. The van der Waals surface area contributed by atoms with Crippen molar-refractivity contribution in [1.29, 1.82) is 0 Å². The van der Waals surface area contributed by atoms with Gasteiger partial charge in [-0.15, -0.1) is 0 Å². The Hall–Kier alpha value is -4.20. The second-order valence-corrected chi connectivity index (χ2v) is 7.70. The van der Waals surface area contributed by atoms with Crippen LogP contribution < -0.4 is 4.74 Å². The molecule has 0 saturated carbocycles. The van der Waals surface area contributed by atoms with Crippen LogP contribution in [0.25, 0.3) is 10.8 Å². The molecule has 0 atom stereocenters. The summed E-state index contributed by atoms with van der Waals surface area (Å²) in [6.07, 6.45) is 0. The number of ether oxygens (including phenoxy) is 2. The fourth-order valence-electron chi connectivity index (χ4n) is 3.67. The maximum absolute atomic E-state index is 12.4. The third kappa shape index (κ3) is 4.55. The molecule has 8 nitrogen and oxygen atoms in total. The summed E-state index contributed by atoms with van der Waals surface area (Å²) >= 11 is 0. The minimum atomic E-state index is -0.828. The molecule has 1 aliphatic rings. The molecular weight excluding hydrogens is 424 g/mol. The molecule has 0 bridgehead atoms. The molecule has 4 rings (SSSR count). The van der Waals surface area contributed by atoms with Gasteiger partial charge < -0.3 is 14.4 Å². The lowest BCUT2D eigenvalue weighted by Gasteiger charge is -2.18. The highest BCUT2D eigenvalue weighted by Gasteiger charge is 2.36. The molecule has 3 amide bonds. The van der Waals surface area contributed by atoms with Crippen molar-refractivity contribution >= 4 is 34.5 Å². The van der Waals surface area contributed by atoms with E-state index < -0.39 is 36.8 Å². The first kappa shape index (κ1) is 22.0. The number of esters is 1. The smallest absolute Gasteiger partial charge is 0.326 e. The van der Waals surface area contributed by atoms with E-state index in [1.807, 2.05) is 36.4 Å². The lowest BCUT2D eigenvalue weighted by Crippen LogP contribution is -2.37. The van der Waals surface area contributed by atoms with Crippen molar-refractivity contribution in [2.75, 3.05) is 27.3 Å². The van der Waals surface area contributed by atoms with Crippen LogP contribution in [0.1, 0.15) is 26.3 Å². The van der Waals surface area contributed by atoms with E-state index in [4.69, 9.17) is 9.47 Å². The Kier molecular flexibility index (Phi) is 6.08. The molecule has 168 valence electrons. The zero-order chi connectivity index (χ0) is 23.5. The first-order chi connectivity index (χ1) is 15.9. The Bertz CT molecular complexity index is 1230. The molecule has 0 aliphatic carbocycles. The fourth-order valence-corrected chi connectivity index (χ4v) is 3.67. The third-order valence-electron chi connectivity index (χ3n) is 5.48. The minimum Gasteiger partial charge on any atom is -0.497 e. The molecule has 0 radical (unpaired) electrons. The van der Waals surface area contributed by atoms with Crippen molar-refractivity contribution in [3.05, 3.63) is 77.4 Å². The quantitative estimate of drug-likeness (QED) is 0.409. The van der Waals surface area contributed by atoms with Gasteiger partial charge in [0.05, 0.1) is 18.2 Å². The van der Waals surface area contributed by atoms with Crippen molar-refractivity contribution in [1.82, 2.24) is 9.80 Å². The van der Waals surface area contributed by atoms with Crippen LogP contribution in [-0.2, 0) is 20.9 Å². The summed E-state index contributed by atoms with van der Waals surface area (Å²) in [5.74, 6) is -1.56. The first-order valence-electron chi connectivity index (χ1n) is 10.3. The summed E-state index contributed by atoms with van der Waals surface area (Å²) in [5, 5.41) is 2.04. The maximum atomic E-state index is 12.4. The Morgan fingerprint density at radius 3 is 2.21 bits per heavy atom. The Balaban J connectivity index is 1.30. The topological polar surface area (TPSA) is 93.2 Å². The number of imide groups is 1. The number of methoxy groups -OCH3 is 1. The number of nitrogens with zero attached hydrogens (tertiary/aromatic N) is 2. The average molecular weight is 446 g/mol. The van der Waals surface area contributed by atoms with Crippen molar-refractivity contribution in [2.24, 2.45) is 0 Å². The number of hydrogen-bond acceptors (Lipinski definition) is 6. The van der Waals surface area contributed by atoms with Crippen LogP contribution in [0.5, 0.6) is 5.75 Å². The van der Waals surface area contributed by atoms with Crippen LogP contribution in [0.4, 0.5) is 0 Å². The summed E-state index contributed by atoms with van der Waals surface area (Å²) in [6, 6.07) is 17.9. The van der Waals surface area contributed by atoms with Crippen LogP contribution in [0.15, 0.2) is 60.7 Å². The zero-order valence-electron chi connectivity index (χ0n) is 18.2. The van der Waals surface area contributed by atoms with E-state index in [0.717, 1.165) is 27.0 Å². The standard InChI is InChI=1S/C25H22N2O6/c1-26(13-16-7-8-18-12-19(32-2)10-9-17(18)11-16)22(28)15-33-23(29)14-27-24(30)20-5-3-4-6-21(20)25(27)31/h3-12H,13-15H2,1-2H3. The van der Waals surface area contributed by atoms with Gasteiger partial charge in [0.15, 0.2) is 6.61 Å². The van der Waals surface area contributed by atoms with Crippen molar-refractivity contribution < 1.29 is 28.7 Å².